The maximum absolute atomic E-state index is 11.7. The van der Waals surface area contributed by atoms with E-state index in [0.717, 1.165) is 33.3 Å². The second kappa shape index (κ2) is 5.66. The molecule has 3 aliphatic rings. The third kappa shape index (κ3) is 2.29. The Bertz CT molecular complexity index is 518. The number of rotatable bonds is 4. The van der Waals surface area contributed by atoms with E-state index < -0.39 is 17.5 Å². The Labute approximate surface area is 141 Å². The maximum atomic E-state index is 11.7. The molecule has 2 aliphatic carbocycles. The molecule has 0 aromatic carbocycles. The zero-order valence-corrected chi connectivity index (χ0v) is 17.1. The molecule has 0 radical (unpaired) electrons. The minimum absolute atomic E-state index is 0.253. The van der Waals surface area contributed by atoms with Crippen molar-refractivity contribution >= 4 is 32.4 Å². The fourth-order valence-electron chi connectivity index (χ4n) is 4.93. The topological polar surface area (TPSA) is 35.5 Å². The molecule has 2 saturated carbocycles. The van der Waals surface area contributed by atoms with E-state index in [-0.39, 0.29) is 11.4 Å². The van der Waals surface area contributed by atoms with Crippen LogP contribution in [0.4, 0.5) is 0 Å². The molecular weight excluding hydrogens is 415 g/mol. The van der Waals surface area contributed by atoms with E-state index in [0.29, 0.717) is 11.5 Å². The van der Waals surface area contributed by atoms with E-state index in [1.54, 1.807) is 6.08 Å². The fourth-order valence-corrected chi connectivity index (χ4v) is 16.6. The van der Waals surface area contributed by atoms with Gasteiger partial charge < -0.3 is 0 Å². The summed E-state index contributed by atoms with van der Waals surface area (Å²) in [6.45, 7) is 6.93. The van der Waals surface area contributed by atoms with E-state index in [2.05, 4.69) is 20.8 Å². The van der Waals surface area contributed by atoms with Crippen molar-refractivity contribution in [1.82, 2.24) is 0 Å². The van der Waals surface area contributed by atoms with Crippen LogP contribution in [0.5, 0.6) is 0 Å². The second-order valence-electron chi connectivity index (χ2n) is 7.56. The Morgan fingerprint density at radius 1 is 1.50 bits per heavy atom. The van der Waals surface area contributed by atoms with Crippen molar-refractivity contribution in [2.75, 3.05) is 7.11 Å². The van der Waals surface area contributed by atoms with Crippen LogP contribution in [0.3, 0.4) is 0 Å². The summed E-state index contributed by atoms with van der Waals surface area (Å²) in [5.41, 5.74) is 0.576. The van der Waals surface area contributed by atoms with Gasteiger partial charge in [0, 0.05) is 0 Å². The third-order valence-electron chi connectivity index (χ3n) is 6.44. The number of halogens is 1. The van der Waals surface area contributed by atoms with Gasteiger partial charge in [-0.1, -0.05) is 0 Å². The molecule has 3 fully saturated rings. The predicted molar refractivity (Wildman–Crippen MR) is 89.8 cm³/mol. The van der Waals surface area contributed by atoms with Gasteiger partial charge in [0.2, 0.25) is 0 Å². The molecule has 126 valence electrons. The predicted octanol–water partition coefficient (Wildman–Crippen LogP) is 4.33. The van der Waals surface area contributed by atoms with Gasteiger partial charge in [-0.15, -0.1) is 0 Å². The first-order chi connectivity index (χ1) is 10.3. The first-order valence-corrected chi connectivity index (χ1v) is 15.0. The number of carbonyl (C=O) groups excluding carboxylic acids is 1. The zero-order chi connectivity index (χ0) is 16.2. The Hall–Kier alpha value is 0.250. The van der Waals surface area contributed by atoms with Crippen LogP contribution in [0.15, 0.2) is 9.70 Å². The van der Waals surface area contributed by atoms with Gasteiger partial charge in [-0.2, -0.15) is 0 Å². The Balaban J connectivity index is 1.92. The fraction of sp³-hybridized carbons (Fsp3) is 0.824. The van der Waals surface area contributed by atoms with Crippen LogP contribution in [-0.4, -0.2) is 36.7 Å². The number of allylic oxidation sites excluding steroid dienone is 1. The molecule has 0 N–H and O–H groups in total. The summed E-state index contributed by atoms with van der Waals surface area (Å²) in [4.78, 5) is 11.7. The van der Waals surface area contributed by atoms with Crippen molar-refractivity contribution in [2.45, 2.75) is 63.4 Å². The van der Waals surface area contributed by atoms with Crippen LogP contribution in [0.1, 0.15) is 52.9 Å². The quantitative estimate of drug-likeness (QED) is 0.369. The van der Waals surface area contributed by atoms with Crippen molar-refractivity contribution in [3.63, 3.8) is 0 Å². The van der Waals surface area contributed by atoms with Crippen LogP contribution < -0.4 is 0 Å². The zero-order valence-electron chi connectivity index (χ0n) is 14.0. The number of hydrogen-bond donors (Lipinski definition) is 0. The normalized spacial score (nSPS) is 45.4. The van der Waals surface area contributed by atoms with Crippen molar-refractivity contribution in [1.29, 1.82) is 0 Å². The first-order valence-electron chi connectivity index (χ1n) is 8.26. The van der Waals surface area contributed by atoms with E-state index in [9.17, 15) is 4.79 Å². The molecule has 5 heteroatoms. The molecule has 4 atom stereocenters. The Morgan fingerprint density at radius 3 is 2.77 bits per heavy atom. The molecule has 22 heavy (non-hydrogen) atoms. The molecule has 0 aromatic rings. The van der Waals surface area contributed by atoms with Crippen molar-refractivity contribution in [2.24, 2.45) is 16.7 Å². The second-order valence-corrected chi connectivity index (χ2v) is 17.2. The summed E-state index contributed by atoms with van der Waals surface area (Å²) in [6, 6.07) is 0. The van der Waals surface area contributed by atoms with Gasteiger partial charge in [0.1, 0.15) is 0 Å². The number of methoxy groups -OCH3 is 1. The van der Waals surface area contributed by atoms with Crippen molar-refractivity contribution < 1.29 is 12.6 Å². The van der Waals surface area contributed by atoms with Crippen LogP contribution in [0.2, 0.25) is 4.47 Å². The summed E-state index contributed by atoms with van der Waals surface area (Å²) in [7, 11) is 8.55. The van der Waals surface area contributed by atoms with E-state index >= 15 is 0 Å². The van der Waals surface area contributed by atoms with Crippen LogP contribution >= 0.6 is 8.96 Å². The molecular formula is C17H27ClO3Te. The average molecular weight is 442 g/mol. The number of esters is 1. The van der Waals surface area contributed by atoms with Gasteiger partial charge in [-0.25, -0.2) is 0 Å². The molecule has 2 bridgehead atoms. The molecule has 4 unspecified atom stereocenters. The van der Waals surface area contributed by atoms with Gasteiger partial charge in [0.15, 0.2) is 0 Å². The molecule has 1 heterocycles. The van der Waals surface area contributed by atoms with Crippen LogP contribution in [0, 0.1) is 16.7 Å². The summed E-state index contributed by atoms with van der Waals surface area (Å²) >= 11 is -3.16. The average Bonchev–Trinajstić information content (AvgIpc) is 2.98. The molecule has 3 nitrogen and oxygen atoms in total. The number of carbonyl (C=O) groups is 1. The molecule has 1 saturated heterocycles. The van der Waals surface area contributed by atoms with Gasteiger partial charge in [0.25, 0.3) is 0 Å². The SMILES string of the molecule is CCC/C(=C/C(=O)OC)[Te]1(Cl)CC23CCC(CC2O1)C3(C)C. The summed E-state index contributed by atoms with van der Waals surface area (Å²) in [5.74, 6) is 0.484. The van der Waals surface area contributed by atoms with Crippen molar-refractivity contribution in [3.8, 4) is 0 Å². The number of fused-ring (bicyclic) bond motifs is 1. The standard InChI is InChI=1S/C17H27ClO3Te/c1-5-6-13(10-15(19)20-4)22(18)11-17-8-7-12(16(17,2)3)9-14(17)21-22/h10,12,14H,5-9,11H2,1-4H3/b13-10-. The summed E-state index contributed by atoms with van der Waals surface area (Å²) < 4.78 is 13.5. The van der Waals surface area contributed by atoms with E-state index in [1.807, 2.05) is 0 Å². The van der Waals surface area contributed by atoms with Gasteiger partial charge >= 0.3 is 142 Å². The first kappa shape index (κ1) is 17.1. The van der Waals surface area contributed by atoms with Gasteiger partial charge in [-0.3, -0.25) is 0 Å². The molecule has 3 rings (SSSR count). The third-order valence-corrected chi connectivity index (χ3v) is 16.2. The molecule has 1 aliphatic heterocycles. The van der Waals surface area contributed by atoms with E-state index in [1.165, 1.54) is 20.0 Å². The Kier molecular flexibility index (Phi) is 4.39. The van der Waals surface area contributed by atoms with Crippen LogP contribution in [0.25, 0.3) is 0 Å². The summed E-state index contributed by atoms with van der Waals surface area (Å²) in [5, 5.41) is 0. The molecule has 1 spiro atoms. The summed E-state index contributed by atoms with van der Waals surface area (Å²) in [6.07, 6.45) is 7.50. The van der Waals surface area contributed by atoms with E-state index in [4.69, 9.17) is 16.8 Å². The molecule has 0 amide bonds. The minimum atomic E-state index is -3.16. The van der Waals surface area contributed by atoms with Gasteiger partial charge in [0.05, 0.1) is 0 Å². The van der Waals surface area contributed by atoms with Crippen LogP contribution in [-0.2, 0) is 12.6 Å². The number of hydrogen-bond acceptors (Lipinski definition) is 3. The monoisotopic (exact) mass is 444 g/mol. The Morgan fingerprint density at radius 2 is 2.23 bits per heavy atom. The van der Waals surface area contributed by atoms with Crippen molar-refractivity contribution in [3.05, 3.63) is 9.70 Å². The van der Waals surface area contributed by atoms with Gasteiger partial charge in [-0.05, 0) is 0 Å². The number of ether oxygens (including phenoxy) is 1. The molecule has 0 aromatic heterocycles.